The fourth-order valence-electron chi connectivity index (χ4n) is 1.22. The minimum Gasteiger partial charge on any atom is -0.404 e. The molecule has 0 radical (unpaired) electrons. The quantitative estimate of drug-likeness (QED) is 0.846. The van der Waals surface area contributed by atoms with Crippen molar-refractivity contribution in [2.45, 2.75) is 26.3 Å². The SMILES string of the molecule is Cc1nc(C(F)F)c(CN)cc1OC(F)(F)F. The van der Waals surface area contributed by atoms with Gasteiger partial charge < -0.3 is 10.5 Å². The van der Waals surface area contributed by atoms with E-state index in [0.29, 0.717) is 0 Å². The molecule has 0 saturated carbocycles. The van der Waals surface area contributed by atoms with Crippen molar-refractivity contribution >= 4 is 0 Å². The Bertz CT molecular complexity index is 405. The molecule has 0 bridgehead atoms. The van der Waals surface area contributed by atoms with Crippen LogP contribution in [0.5, 0.6) is 5.75 Å². The molecular formula is C9H9F5N2O. The smallest absolute Gasteiger partial charge is 0.404 e. The van der Waals surface area contributed by atoms with Gasteiger partial charge in [-0.15, -0.1) is 13.2 Å². The molecule has 0 unspecified atom stereocenters. The van der Waals surface area contributed by atoms with Gasteiger partial charge in [-0.25, -0.2) is 13.8 Å². The topological polar surface area (TPSA) is 48.1 Å². The van der Waals surface area contributed by atoms with E-state index >= 15 is 0 Å². The van der Waals surface area contributed by atoms with Crippen LogP contribution in [-0.4, -0.2) is 11.3 Å². The zero-order chi connectivity index (χ0) is 13.2. The van der Waals surface area contributed by atoms with Crippen molar-refractivity contribution in [2.75, 3.05) is 0 Å². The molecule has 0 atom stereocenters. The fourth-order valence-corrected chi connectivity index (χ4v) is 1.22. The summed E-state index contributed by atoms with van der Waals surface area (Å²) in [7, 11) is 0. The van der Waals surface area contributed by atoms with E-state index in [9.17, 15) is 22.0 Å². The Hall–Kier alpha value is -1.44. The molecule has 3 nitrogen and oxygen atoms in total. The number of hydrogen-bond donors (Lipinski definition) is 1. The average molecular weight is 256 g/mol. The zero-order valence-electron chi connectivity index (χ0n) is 8.68. The molecule has 8 heteroatoms. The predicted molar refractivity (Wildman–Crippen MR) is 48.5 cm³/mol. The highest BCUT2D eigenvalue weighted by atomic mass is 19.4. The summed E-state index contributed by atoms with van der Waals surface area (Å²) in [5.41, 5.74) is 4.09. The van der Waals surface area contributed by atoms with Gasteiger partial charge in [-0.3, -0.25) is 0 Å². The number of hydrogen-bond acceptors (Lipinski definition) is 3. The maximum absolute atomic E-state index is 12.5. The third-order valence-corrected chi connectivity index (χ3v) is 1.93. The van der Waals surface area contributed by atoms with Crippen LogP contribution in [0.1, 0.15) is 23.4 Å². The highest BCUT2D eigenvalue weighted by molar-refractivity contribution is 5.35. The van der Waals surface area contributed by atoms with E-state index < -0.39 is 24.2 Å². The van der Waals surface area contributed by atoms with Crippen molar-refractivity contribution < 1.29 is 26.7 Å². The summed E-state index contributed by atoms with van der Waals surface area (Å²) in [6, 6.07) is 0.831. The number of nitrogens with two attached hydrogens (primary N) is 1. The lowest BCUT2D eigenvalue weighted by atomic mass is 10.1. The number of pyridine rings is 1. The first-order chi connectivity index (χ1) is 7.74. The highest BCUT2D eigenvalue weighted by Crippen LogP contribution is 2.30. The number of alkyl halides is 5. The van der Waals surface area contributed by atoms with E-state index in [2.05, 4.69) is 9.72 Å². The van der Waals surface area contributed by atoms with E-state index in [1.54, 1.807) is 0 Å². The number of aromatic nitrogens is 1. The number of rotatable bonds is 3. The van der Waals surface area contributed by atoms with Gasteiger partial charge in [0.25, 0.3) is 6.43 Å². The average Bonchev–Trinajstić information content (AvgIpc) is 2.18. The largest absolute Gasteiger partial charge is 0.573 e. The summed E-state index contributed by atoms with van der Waals surface area (Å²) in [4.78, 5) is 3.37. The second kappa shape index (κ2) is 4.82. The molecule has 0 saturated heterocycles. The van der Waals surface area contributed by atoms with E-state index in [1.807, 2.05) is 0 Å². The van der Waals surface area contributed by atoms with E-state index in [-0.39, 0.29) is 17.8 Å². The first-order valence-corrected chi connectivity index (χ1v) is 4.49. The first kappa shape index (κ1) is 13.6. The van der Waals surface area contributed by atoms with Gasteiger partial charge in [0.1, 0.15) is 5.69 Å². The van der Waals surface area contributed by atoms with Crippen molar-refractivity contribution in [3.63, 3.8) is 0 Å². The number of nitrogens with zero attached hydrogens (tertiary/aromatic N) is 1. The Morgan fingerprint density at radius 3 is 2.41 bits per heavy atom. The Kier molecular flexibility index (Phi) is 3.87. The Balaban J connectivity index is 3.18. The lowest BCUT2D eigenvalue weighted by Gasteiger charge is -2.14. The van der Waals surface area contributed by atoms with Gasteiger partial charge in [0, 0.05) is 6.54 Å². The molecule has 0 aliphatic heterocycles. The molecule has 0 aromatic carbocycles. The third-order valence-electron chi connectivity index (χ3n) is 1.93. The maximum atomic E-state index is 12.5. The van der Waals surface area contributed by atoms with Crippen molar-refractivity contribution in [1.82, 2.24) is 4.98 Å². The third kappa shape index (κ3) is 3.52. The van der Waals surface area contributed by atoms with Gasteiger partial charge >= 0.3 is 6.36 Å². The summed E-state index contributed by atoms with van der Waals surface area (Å²) in [5, 5.41) is 0. The molecule has 1 rings (SSSR count). The van der Waals surface area contributed by atoms with Crippen LogP contribution < -0.4 is 10.5 Å². The van der Waals surface area contributed by atoms with Crippen molar-refractivity contribution in [3.8, 4) is 5.75 Å². The minimum absolute atomic E-state index is 0.176. The van der Waals surface area contributed by atoms with Gasteiger partial charge in [0.15, 0.2) is 5.75 Å². The summed E-state index contributed by atoms with van der Waals surface area (Å²) >= 11 is 0. The molecule has 0 aliphatic rings. The summed E-state index contributed by atoms with van der Waals surface area (Å²) in [5.74, 6) is -0.623. The molecule has 0 spiro atoms. The maximum Gasteiger partial charge on any atom is 0.573 e. The van der Waals surface area contributed by atoms with Gasteiger partial charge in [-0.1, -0.05) is 0 Å². The first-order valence-electron chi connectivity index (χ1n) is 4.49. The van der Waals surface area contributed by atoms with Crippen molar-refractivity contribution in [2.24, 2.45) is 5.73 Å². The molecule has 1 aromatic rings. The minimum atomic E-state index is -4.90. The standard InChI is InChI=1S/C9H9F5N2O/c1-4-6(17-9(12,13)14)2-5(3-15)7(16-4)8(10)11/h2,8H,3,15H2,1H3. The highest BCUT2D eigenvalue weighted by Gasteiger charge is 2.32. The van der Waals surface area contributed by atoms with Crippen LogP contribution in [0.3, 0.4) is 0 Å². The fraction of sp³-hybridized carbons (Fsp3) is 0.444. The molecule has 0 fully saturated rings. The Morgan fingerprint density at radius 1 is 1.41 bits per heavy atom. The number of halogens is 5. The normalized spacial score (nSPS) is 12.0. The van der Waals surface area contributed by atoms with E-state index in [0.717, 1.165) is 13.0 Å². The van der Waals surface area contributed by atoms with Gasteiger partial charge in [-0.05, 0) is 18.6 Å². The number of aryl methyl sites for hydroxylation is 1. The van der Waals surface area contributed by atoms with Gasteiger partial charge in [-0.2, -0.15) is 0 Å². The van der Waals surface area contributed by atoms with Crippen LogP contribution in [0.2, 0.25) is 0 Å². The van der Waals surface area contributed by atoms with Crippen LogP contribution >= 0.6 is 0 Å². The zero-order valence-corrected chi connectivity index (χ0v) is 8.68. The van der Waals surface area contributed by atoms with Crippen LogP contribution in [-0.2, 0) is 6.54 Å². The van der Waals surface area contributed by atoms with Gasteiger partial charge in [0.05, 0.1) is 5.69 Å². The predicted octanol–water partition coefficient (Wildman–Crippen LogP) is 2.68. The molecule has 1 aromatic heterocycles. The second-order valence-electron chi connectivity index (χ2n) is 3.17. The van der Waals surface area contributed by atoms with E-state index in [1.165, 1.54) is 0 Å². The Labute approximate surface area is 93.4 Å². The monoisotopic (exact) mass is 256 g/mol. The van der Waals surface area contributed by atoms with Crippen LogP contribution in [0.25, 0.3) is 0 Å². The lowest BCUT2D eigenvalue weighted by Crippen LogP contribution is -2.19. The lowest BCUT2D eigenvalue weighted by molar-refractivity contribution is -0.275. The molecular weight excluding hydrogens is 247 g/mol. The van der Waals surface area contributed by atoms with Crippen molar-refractivity contribution in [3.05, 3.63) is 23.0 Å². The Morgan fingerprint density at radius 2 is 2.00 bits per heavy atom. The summed E-state index contributed by atoms with van der Waals surface area (Å²) in [6.07, 6.45) is -7.79. The molecule has 96 valence electrons. The summed E-state index contributed by atoms with van der Waals surface area (Å²) < 4.78 is 64.6. The number of ether oxygens (including phenoxy) is 1. The second-order valence-corrected chi connectivity index (χ2v) is 3.17. The van der Waals surface area contributed by atoms with Crippen LogP contribution in [0, 0.1) is 6.92 Å². The van der Waals surface area contributed by atoms with Crippen molar-refractivity contribution in [1.29, 1.82) is 0 Å². The molecule has 0 aliphatic carbocycles. The molecule has 2 N–H and O–H groups in total. The van der Waals surface area contributed by atoms with E-state index in [4.69, 9.17) is 5.73 Å². The van der Waals surface area contributed by atoms with Crippen LogP contribution in [0.15, 0.2) is 6.07 Å². The van der Waals surface area contributed by atoms with Crippen LogP contribution in [0.4, 0.5) is 22.0 Å². The molecule has 0 amide bonds. The molecule has 17 heavy (non-hydrogen) atoms. The van der Waals surface area contributed by atoms with Gasteiger partial charge in [0.2, 0.25) is 0 Å². The summed E-state index contributed by atoms with van der Waals surface area (Å²) in [6.45, 7) is 0.800. The molecule has 1 heterocycles.